The number of aliphatic carboxylic acids is 1. The van der Waals surface area contributed by atoms with Crippen LogP contribution in [-0.4, -0.2) is 42.5 Å². The topological polar surface area (TPSA) is 84.7 Å². The molecule has 42 heavy (non-hydrogen) atoms. The number of hydrogen-bond donors (Lipinski definition) is 1. The fourth-order valence-corrected chi connectivity index (χ4v) is 5.85. The van der Waals surface area contributed by atoms with Crippen molar-refractivity contribution in [2.24, 2.45) is 0 Å². The second-order valence-electron chi connectivity index (χ2n) is 10.0. The molecule has 0 unspecified atom stereocenters. The summed E-state index contributed by atoms with van der Waals surface area (Å²) in [7, 11) is 0. The molecular formula is C33H31N3O4S2. The molecule has 5 rings (SSSR count). The first-order chi connectivity index (χ1) is 20.4. The average Bonchev–Trinajstić information content (AvgIpc) is 3.53. The van der Waals surface area contributed by atoms with Gasteiger partial charge in [0.15, 0.2) is 0 Å². The summed E-state index contributed by atoms with van der Waals surface area (Å²) in [4.78, 5) is 26.2. The fraction of sp³-hybridized carbons (Fsp3) is 0.212. The van der Waals surface area contributed by atoms with E-state index in [1.807, 2.05) is 71.6 Å². The normalized spacial score (nSPS) is 14.1. The number of thioether (sulfide) groups is 1. The largest absolute Gasteiger partial charge is 0.489 e. The van der Waals surface area contributed by atoms with Gasteiger partial charge in [0.1, 0.15) is 16.7 Å². The van der Waals surface area contributed by atoms with E-state index in [0.29, 0.717) is 35.2 Å². The van der Waals surface area contributed by atoms with Gasteiger partial charge < -0.3 is 9.84 Å². The van der Waals surface area contributed by atoms with Gasteiger partial charge in [0, 0.05) is 30.3 Å². The molecule has 9 heteroatoms. The Labute approximate surface area is 254 Å². The molecular weight excluding hydrogens is 567 g/mol. The number of para-hydroxylation sites is 1. The van der Waals surface area contributed by atoms with Crippen molar-refractivity contribution in [3.8, 4) is 22.7 Å². The van der Waals surface area contributed by atoms with Gasteiger partial charge in [0.25, 0.3) is 5.91 Å². The Kier molecular flexibility index (Phi) is 9.51. The lowest BCUT2D eigenvalue weighted by atomic mass is 10.1. The first-order valence-corrected chi connectivity index (χ1v) is 15.0. The molecule has 2 heterocycles. The lowest BCUT2D eigenvalue weighted by Crippen LogP contribution is -2.29. The molecule has 7 nitrogen and oxygen atoms in total. The summed E-state index contributed by atoms with van der Waals surface area (Å²) >= 11 is 6.80. The van der Waals surface area contributed by atoms with Crippen molar-refractivity contribution in [2.75, 3.05) is 6.54 Å². The number of unbranched alkanes of at least 4 members (excludes halogenated alkanes) is 2. The van der Waals surface area contributed by atoms with Crippen LogP contribution in [0.5, 0.6) is 5.75 Å². The fourth-order valence-electron chi connectivity index (χ4n) is 4.55. The zero-order valence-corrected chi connectivity index (χ0v) is 24.9. The van der Waals surface area contributed by atoms with Gasteiger partial charge in [-0.15, -0.1) is 0 Å². The van der Waals surface area contributed by atoms with E-state index >= 15 is 0 Å². The van der Waals surface area contributed by atoms with E-state index in [9.17, 15) is 9.59 Å². The number of benzene rings is 3. The number of nitrogens with zero attached hydrogens (tertiary/aromatic N) is 3. The number of rotatable bonds is 12. The molecule has 1 fully saturated rings. The van der Waals surface area contributed by atoms with E-state index < -0.39 is 5.97 Å². The van der Waals surface area contributed by atoms with E-state index in [-0.39, 0.29) is 12.3 Å². The van der Waals surface area contributed by atoms with Crippen molar-refractivity contribution in [1.82, 2.24) is 14.7 Å². The maximum absolute atomic E-state index is 13.3. The highest BCUT2D eigenvalue weighted by Gasteiger charge is 2.32. The molecule has 1 N–H and O–H groups in total. The van der Waals surface area contributed by atoms with Crippen molar-refractivity contribution in [3.63, 3.8) is 0 Å². The molecule has 0 saturated carbocycles. The van der Waals surface area contributed by atoms with E-state index in [0.717, 1.165) is 40.2 Å². The molecule has 0 spiro atoms. The number of carbonyl (C=O) groups is 2. The van der Waals surface area contributed by atoms with E-state index in [1.165, 1.54) is 17.3 Å². The SMILES string of the molecule is Cc1ccc(COc2ccc(-c3nn(-c4ccccc4)cc3C=C3SC(=S)N(CCCCCC(=O)O)C3=O)cc2)cc1. The summed E-state index contributed by atoms with van der Waals surface area (Å²) < 4.78 is 8.32. The number of aryl methyl sites for hydroxylation is 1. The molecule has 3 aromatic carbocycles. The minimum atomic E-state index is -0.806. The Morgan fingerprint density at radius 3 is 2.45 bits per heavy atom. The molecule has 0 atom stereocenters. The lowest BCUT2D eigenvalue weighted by molar-refractivity contribution is -0.137. The molecule has 0 radical (unpaired) electrons. The van der Waals surface area contributed by atoms with E-state index in [1.54, 1.807) is 4.90 Å². The van der Waals surface area contributed by atoms with Crippen LogP contribution < -0.4 is 4.74 Å². The summed E-state index contributed by atoms with van der Waals surface area (Å²) in [5.74, 6) is -0.186. The van der Waals surface area contributed by atoms with Crippen molar-refractivity contribution in [3.05, 3.63) is 107 Å². The molecule has 1 aromatic heterocycles. The maximum atomic E-state index is 13.3. The Morgan fingerprint density at radius 1 is 1.00 bits per heavy atom. The Hall–Kier alpha value is -4.21. The van der Waals surface area contributed by atoms with Crippen LogP contribution in [0.1, 0.15) is 42.4 Å². The van der Waals surface area contributed by atoms with Crippen LogP contribution in [-0.2, 0) is 16.2 Å². The number of thiocarbonyl (C=S) groups is 1. The van der Waals surface area contributed by atoms with Crippen LogP contribution in [0.3, 0.4) is 0 Å². The van der Waals surface area contributed by atoms with Gasteiger partial charge in [-0.3, -0.25) is 14.5 Å². The zero-order chi connectivity index (χ0) is 29.5. The van der Waals surface area contributed by atoms with E-state index in [2.05, 4.69) is 31.2 Å². The molecule has 0 aliphatic carbocycles. The molecule has 1 saturated heterocycles. The molecule has 1 amide bonds. The summed E-state index contributed by atoms with van der Waals surface area (Å²) in [6.07, 6.45) is 5.91. The standard InChI is InChI=1S/C33H31N3O4S2/c1-23-11-13-24(14-12-23)22-40-28-17-15-25(16-18-28)31-26(21-36(34-31)27-8-4-2-5-9-27)20-29-32(39)35(33(41)42-29)19-7-3-6-10-30(37)38/h2,4-5,8-9,11-18,20-21H,3,6-7,10,19,22H2,1H3,(H,37,38). The predicted molar refractivity (Wildman–Crippen MR) is 170 cm³/mol. The first-order valence-electron chi connectivity index (χ1n) is 13.8. The van der Waals surface area contributed by atoms with Crippen molar-refractivity contribution < 1.29 is 19.4 Å². The molecule has 1 aliphatic rings. The summed E-state index contributed by atoms with van der Waals surface area (Å²) in [6.45, 7) is 3.02. The Bertz CT molecular complexity index is 1600. The van der Waals surface area contributed by atoms with Gasteiger partial charge >= 0.3 is 5.97 Å². The summed E-state index contributed by atoms with van der Waals surface area (Å²) in [6, 6.07) is 25.9. The molecule has 4 aromatic rings. The number of carbonyl (C=O) groups excluding carboxylic acids is 1. The van der Waals surface area contributed by atoms with Crippen LogP contribution in [0, 0.1) is 6.92 Å². The van der Waals surface area contributed by atoms with Crippen LogP contribution in [0.2, 0.25) is 0 Å². The summed E-state index contributed by atoms with van der Waals surface area (Å²) in [5, 5.41) is 13.7. The molecule has 1 aliphatic heterocycles. The Balaban J connectivity index is 1.36. The van der Waals surface area contributed by atoms with Crippen LogP contribution >= 0.6 is 24.0 Å². The number of hydrogen-bond acceptors (Lipinski definition) is 6. The highest BCUT2D eigenvalue weighted by Crippen LogP contribution is 2.35. The van der Waals surface area contributed by atoms with Gasteiger partial charge in [-0.1, -0.05) is 78.4 Å². The van der Waals surface area contributed by atoms with Crippen LogP contribution in [0.15, 0.2) is 90.0 Å². The third-order valence-corrected chi connectivity index (χ3v) is 8.23. The average molecular weight is 598 g/mol. The molecule has 0 bridgehead atoms. The number of aromatic nitrogens is 2. The van der Waals surface area contributed by atoms with Gasteiger partial charge in [-0.2, -0.15) is 5.10 Å². The molecule has 214 valence electrons. The quantitative estimate of drug-likeness (QED) is 0.104. The number of carboxylic acid groups (broad SMARTS) is 1. The predicted octanol–water partition coefficient (Wildman–Crippen LogP) is 7.27. The van der Waals surface area contributed by atoms with Gasteiger partial charge in [-0.05, 0) is 67.8 Å². The van der Waals surface area contributed by atoms with Crippen molar-refractivity contribution in [1.29, 1.82) is 0 Å². The number of carboxylic acids is 1. The highest BCUT2D eigenvalue weighted by molar-refractivity contribution is 8.26. The maximum Gasteiger partial charge on any atom is 0.303 e. The van der Waals surface area contributed by atoms with Crippen molar-refractivity contribution in [2.45, 2.75) is 39.2 Å². The second kappa shape index (κ2) is 13.6. The second-order valence-corrected chi connectivity index (χ2v) is 11.7. The minimum Gasteiger partial charge on any atom is -0.489 e. The third kappa shape index (κ3) is 7.35. The lowest BCUT2D eigenvalue weighted by Gasteiger charge is -2.13. The third-order valence-electron chi connectivity index (χ3n) is 6.85. The smallest absolute Gasteiger partial charge is 0.303 e. The minimum absolute atomic E-state index is 0.131. The number of amides is 1. The summed E-state index contributed by atoms with van der Waals surface area (Å²) in [5.41, 5.74) is 5.66. The highest BCUT2D eigenvalue weighted by atomic mass is 32.2. The van der Waals surface area contributed by atoms with Crippen LogP contribution in [0.4, 0.5) is 0 Å². The van der Waals surface area contributed by atoms with Crippen molar-refractivity contribution >= 4 is 46.3 Å². The van der Waals surface area contributed by atoms with Gasteiger partial charge in [-0.25, -0.2) is 4.68 Å². The zero-order valence-electron chi connectivity index (χ0n) is 23.2. The van der Waals surface area contributed by atoms with Gasteiger partial charge in [0.2, 0.25) is 0 Å². The van der Waals surface area contributed by atoms with E-state index in [4.69, 9.17) is 27.2 Å². The number of ether oxygens (including phenoxy) is 1. The Morgan fingerprint density at radius 2 is 1.74 bits per heavy atom. The van der Waals surface area contributed by atoms with Crippen LogP contribution in [0.25, 0.3) is 23.0 Å². The monoisotopic (exact) mass is 597 g/mol. The van der Waals surface area contributed by atoms with Gasteiger partial charge in [0.05, 0.1) is 16.3 Å². The first kappa shape index (κ1) is 29.3.